The van der Waals surface area contributed by atoms with Gasteiger partial charge in [0.2, 0.25) is 0 Å². The van der Waals surface area contributed by atoms with Crippen LogP contribution in [0, 0.1) is 5.92 Å². The maximum atomic E-state index is 5.47. The van der Waals surface area contributed by atoms with Gasteiger partial charge in [0.05, 0.1) is 6.26 Å². The Hall–Kier alpha value is -1.06. The largest absolute Gasteiger partial charge is 0.469 e. The molecule has 0 saturated carbocycles. The molecule has 2 rings (SSSR count). The molecule has 1 heterocycles. The van der Waals surface area contributed by atoms with Crippen molar-refractivity contribution in [3.05, 3.63) is 58.5 Å². The Bertz CT molecular complexity index is 481. The monoisotopic (exact) mass is 321 g/mol. The predicted molar refractivity (Wildman–Crippen MR) is 82.3 cm³/mol. The van der Waals surface area contributed by atoms with E-state index in [4.69, 9.17) is 4.42 Å². The molecule has 2 aromatic rings. The van der Waals surface area contributed by atoms with E-state index in [9.17, 15) is 0 Å². The first-order valence-electron chi connectivity index (χ1n) is 6.75. The van der Waals surface area contributed by atoms with Crippen LogP contribution in [-0.2, 0) is 12.8 Å². The highest BCUT2D eigenvalue weighted by molar-refractivity contribution is 9.10. The standard InChI is InChI=1S/C16H20BrNO/c1-2-18-12-14(11-16-7-4-8-19-16)9-13-5-3-6-15(17)10-13/h3-8,10,14,18H,2,9,11-12H2,1H3. The lowest BCUT2D eigenvalue weighted by molar-refractivity contribution is 0.418. The highest BCUT2D eigenvalue weighted by atomic mass is 79.9. The van der Waals surface area contributed by atoms with Gasteiger partial charge in [0.15, 0.2) is 0 Å². The Labute approximate surface area is 123 Å². The summed E-state index contributed by atoms with van der Waals surface area (Å²) in [7, 11) is 0. The summed E-state index contributed by atoms with van der Waals surface area (Å²) in [4.78, 5) is 0. The minimum Gasteiger partial charge on any atom is -0.469 e. The minimum absolute atomic E-state index is 0.556. The number of nitrogens with one attached hydrogen (secondary N) is 1. The Balaban J connectivity index is 2.00. The van der Waals surface area contributed by atoms with Crippen LogP contribution in [0.15, 0.2) is 51.6 Å². The van der Waals surface area contributed by atoms with Gasteiger partial charge >= 0.3 is 0 Å². The summed E-state index contributed by atoms with van der Waals surface area (Å²) < 4.78 is 6.61. The van der Waals surface area contributed by atoms with Crippen LogP contribution in [0.25, 0.3) is 0 Å². The van der Waals surface area contributed by atoms with Crippen molar-refractivity contribution in [3.63, 3.8) is 0 Å². The first-order chi connectivity index (χ1) is 9.28. The molecule has 0 spiro atoms. The maximum Gasteiger partial charge on any atom is 0.104 e. The van der Waals surface area contributed by atoms with E-state index in [0.717, 1.165) is 36.2 Å². The molecule has 1 N–H and O–H groups in total. The highest BCUT2D eigenvalue weighted by Gasteiger charge is 2.12. The summed E-state index contributed by atoms with van der Waals surface area (Å²) in [6.07, 6.45) is 3.79. The van der Waals surface area contributed by atoms with Crippen molar-refractivity contribution in [1.29, 1.82) is 0 Å². The third-order valence-corrected chi connectivity index (χ3v) is 3.66. The van der Waals surface area contributed by atoms with Gasteiger partial charge in [-0.2, -0.15) is 0 Å². The molecule has 1 aromatic heterocycles. The molecule has 1 unspecified atom stereocenters. The molecule has 1 atom stereocenters. The second-order valence-corrected chi connectivity index (χ2v) is 5.71. The molecule has 3 heteroatoms. The summed E-state index contributed by atoms with van der Waals surface area (Å²) in [5.41, 5.74) is 1.36. The van der Waals surface area contributed by atoms with Gasteiger partial charge in [0.25, 0.3) is 0 Å². The number of hydrogen-bond donors (Lipinski definition) is 1. The fourth-order valence-corrected chi connectivity index (χ4v) is 2.72. The molecule has 0 amide bonds. The Morgan fingerprint density at radius 1 is 1.21 bits per heavy atom. The van der Waals surface area contributed by atoms with E-state index in [1.165, 1.54) is 5.56 Å². The quantitative estimate of drug-likeness (QED) is 0.832. The second kappa shape index (κ2) is 7.51. The number of halogens is 1. The number of hydrogen-bond acceptors (Lipinski definition) is 2. The van der Waals surface area contributed by atoms with Crippen LogP contribution in [-0.4, -0.2) is 13.1 Å². The van der Waals surface area contributed by atoms with Crippen LogP contribution < -0.4 is 5.32 Å². The molecule has 0 radical (unpaired) electrons. The number of benzene rings is 1. The molecular formula is C16H20BrNO. The van der Waals surface area contributed by atoms with Crippen LogP contribution in [0.4, 0.5) is 0 Å². The van der Waals surface area contributed by atoms with E-state index in [1.807, 2.05) is 6.07 Å². The van der Waals surface area contributed by atoms with Crippen molar-refractivity contribution < 1.29 is 4.42 Å². The Morgan fingerprint density at radius 3 is 2.79 bits per heavy atom. The SMILES string of the molecule is CCNCC(Cc1cccc(Br)c1)Cc1ccco1. The van der Waals surface area contributed by atoms with Crippen LogP contribution in [0.3, 0.4) is 0 Å². The van der Waals surface area contributed by atoms with E-state index >= 15 is 0 Å². The van der Waals surface area contributed by atoms with Gasteiger partial charge in [-0.25, -0.2) is 0 Å². The fraction of sp³-hybridized carbons (Fsp3) is 0.375. The van der Waals surface area contributed by atoms with Crippen molar-refractivity contribution >= 4 is 15.9 Å². The molecule has 0 aliphatic rings. The summed E-state index contributed by atoms with van der Waals surface area (Å²) in [5, 5.41) is 3.44. The van der Waals surface area contributed by atoms with E-state index in [0.29, 0.717) is 5.92 Å². The van der Waals surface area contributed by atoms with E-state index in [-0.39, 0.29) is 0 Å². The van der Waals surface area contributed by atoms with Crippen LogP contribution >= 0.6 is 15.9 Å². The number of furan rings is 1. The molecule has 1 aromatic carbocycles. The summed E-state index contributed by atoms with van der Waals surface area (Å²) in [6, 6.07) is 12.6. The van der Waals surface area contributed by atoms with E-state index in [1.54, 1.807) is 6.26 Å². The molecule has 0 aliphatic heterocycles. The molecule has 2 nitrogen and oxygen atoms in total. The van der Waals surface area contributed by atoms with Gasteiger partial charge in [-0.05, 0) is 55.3 Å². The Morgan fingerprint density at radius 2 is 2.11 bits per heavy atom. The van der Waals surface area contributed by atoms with Crippen molar-refractivity contribution in [2.45, 2.75) is 19.8 Å². The van der Waals surface area contributed by atoms with Crippen molar-refractivity contribution in [2.75, 3.05) is 13.1 Å². The van der Waals surface area contributed by atoms with E-state index < -0.39 is 0 Å². The zero-order chi connectivity index (χ0) is 13.5. The van der Waals surface area contributed by atoms with Crippen molar-refractivity contribution in [3.8, 4) is 0 Å². The van der Waals surface area contributed by atoms with Crippen molar-refractivity contribution in [2.24, 2.45) is 5.92 Å². The lowest BCUT2D eigenvalue weighted by Crippen LogP contribution is -2.25. The molecule has 0 saturated heterocycles. The first kappa shape index (κ1) is 14.4. The van der Waals surface area contributed by atoms with Crippen LogP contribution in [0.1, 0.15) is 18.2 Å². The van der Waals surface area contributed by atoms with Gasteiger partial charge in [-0.3, -0.25) is 0 Å². The topological polar surface area (TPSA) is 25.2 Å². The summed E-state index contributed by atoms with van der Waals surface area (Å²) >= 11 is 3.53. The normalized spacial score (nSPS) is 12.5. The molecule has 0 fully saturated rings. The average molecular weight is 322 g/mol. The fourth-order valence-electron chi connectivity index (χ4n) is 2.28. The molecule has 19 heavy (non-hydrogen) atoms. The zero-order valence-corrected chi connectivity index (χ0v) is 12.8. The Kier molecular flexibility index (Phi) is 5.67. The molecule has 0 aliphatic carbocycles. The third-order valence-electron chi connectivity index (χ3n) is 3.17. The highest BCUT2D eigenvalue weighted by Crippen LogP contribution is 2.18. The molecule has 0 bridgehead atoms. The van der Waals surface area contributed by atoms with Gasteiger partial charge in [0.1, 0.15) is 5.76 Å². The zero-order valence-electron chi connectivity index (χ0n) is 11.2. The maximum absolute atomic E-state index is 5.47. The average Bonchev–Trinajstić information content (AvgIpc) is 2.89. The van der Waals surface area contributed by atoms with Crippen LogP contribution in [0.2, 0.25) is 0 Å². The summed E-state index contributed by atoms with van der Waals surface area (Å²) in [5.74, 6) is 1.62. The molecular weight excluding hydrogens is 302 g/mol. The first-order valence-corrected chi connectivity index (χ1v) is 7.54. The minimum atomic E-state index is 0.556. The van der Waals surface area contributed by atoms with Gasteiger partial charge in [0, 0.05) is 10.9 Å². The third kappa shape index (κ3) is 4.84. The van der Waals surface area contributed by atoms with Gasteiger partial charge in [-0.15, -0.1) is 0 Å². The van der Waals surface area contributed by atoms with Crippen molar-refractivity contribution in [1.82, 2.24) is 5.32 Å². The second-order valence-electron chi connectivity index (χ2n) is 4.79. The van der Waals surface area contributed by atoms with Gasteiger partial charge in [-0.1, -0.05) is 35.0 Å². The number of rotatable bonds is 7. The molecule has 102 valence electrons. The lowest BCUT2D eigenvalue weighted by atomic mass is 9.95. The predicted octanol–water partition coefficient (Wildman–Crippen LogP) is 4.05. The van der Waals surface area contributed by atoms with Gasteiger partial charge < -0.3 is 9.73 Å². The van der Waals surface area contributed by atoms with Crippen LogP contribution in [0.5, 0.6) is 0 Å². The van der Waals surface area contributed by atoms with E-state index in [2.05, 4.69) is 58.5 Å². The smallest absolute Gasteiger partial charge is 0.104 e. The summed E-state index contributed by atoms with van der Waals surface area (Å²) in [6.45, 7) is 4.17. The lowest BCUT2D eigenvalue weighted by Gasteiger charge is -2.16.